The van der Waals surface area contributed by atoms with Crippen LogP contribution in [0.5, 0.6) is 11.5 Å². The summed E-state index contributed by atoms with van der Waals surface area (Å²) >= 11 is 8.64. The second-order valence-electron chi connectivity index (χ2n) is 7.90. The summed E-state index contributed by atoms with van der Waals surface area (Å²) in [5.41, 5.74) is 1.57. The fourth-order valence-electron chi connectivity index (χ4n) is 3.67. The van der Waals surface area contributed by atoms with Gasteiger partial charge in [-0.05, 0) is 60.3 Å². The summed E-state index contributed by atoms with van der Waals surface area (Å²) in [6.07, 6.45) is 1.37. The predicted molar refractivity (Wildman–Crippen MR) is 146 cm³/mol. The lowest BCUT2D eigenvalue weighted by Crippen LogP contribution is -2.54. The quantitative estimate of drug-likeness (QED) is 0.234. The first-order valence-corrected chi connectivity index (χ1v) is 12.2. The molecule has 1 aliphatic heterocycles. The van der Waals surface area contributed by atoms with Crippen molar-refractivity contribution in [3.63, 3.8) is 0 Å². The maximum absolute atomic E-state index is 13.3. The topological polar surface area (TPSA) is 129 Å². The molecule has 0 saturated carbocycles. The van der Waals surface area contributed by atoms with Gasteiger partial charge < -0.3 is 14.6 Å². The third kappa shape index (κ3) is 5.41. The number of ether oxygens (including phenoxy) is 2. The minimum atomic E-state index is -1.17. The molecule has 190 valence electrons. The van der Waals surface area contributed by atoms with Gasteiger partial charge in [0, 0.05) is 10.0 Å². The zero-order valence-electron chi connectivity index (χ0n) is 19.7. The van der Waals surface area contributed by atoms with E-state index in [4.69, 9.17) is 21.7 Å². The van der Waals surface area contributed by atoms with Gasteiger partial charge in [0.2, 0.25) is 0 Å². The molecule has 2 amide bonds. The maximum atomic E-state index is 13.3. The molecule has 0 aliphatic carbocycles. The monoisotopic (exact) mass is 591 g/mol. The van der Waals surface area contributed by atoms with Gasteiger partial charge in [-0.3, -0.25) is 19.8 Å². The van der Waals surface area contributed by atoms with Gasteiger partial charge in [0.15, 0.2) is 16.6 Å². The summed E-state index contributed by atoms with van der Waals surface area (Å²) in [4.78, 5) is 38.5. The number of rotatable bonds is 7. The van der Waals surface area contributed by atoms with Gasteiger partial charge in [0.05, 0.1) is 30.0 Å². The molecule has 3 aromatic carbocycles. The Morgan fingerprint density at radius 1 is 1.16 bits per heavy atom. The highest BCUT2D eigenvalue weighted by atomic mass is 79.9. The average molecular weight is 592 g/mol. The van der Waals surface area contributed by atoms with Crippen LogP contribution in [0.3, 0.4) is 0 Å². The van der Waals surface area contributed by atoms with Crippen LogP contribution in [0.2, 0.25) is 0 Å². The molecule has 1 fully saturated rings. The van der Waals surface area contributed by atoms with Crippen molar-refractivity contribution in [3.05, 3.63) is 93.0 Å². The van der Waals surface area contributed by atoms with E-state index in [1.165, 1.54) is 37.5 Å². The molecule has 11 heteroatoms. The molecule has 0 aromatic heterocycles. The summed E-state index contributed by atoms with van der Waals surface area (Å²) in [6, 6.07) is 18.1. The molecule has 3 aromatic rings. The number of carboxylic acid groups (broad SMARTS) is 1. The van der Waals surface area contributed by atoms with Crippen molar-refractivity contribution in [2.45, 2.75) is 6.61 Å². The number of nitrogens with one attached hydrogen (secondary N) is 1. The number of nitriles is 1. The standard InChI is InChI=1S/C27H18BrN3O6S/c1-36-22-11-18(21(28)12-23(22)37-14-17-6-3-2-5-16(17)13-29)10-20-24(32)30-27(38)31(25(20)33)19-8-4-7-15(9-19)26(34)35/h2-12H,14H2,1H3,(H,34,35)(H,30,32,38). The molecule has 0 atom stereocenters. The summed E-state index contributed by atoms with van der Waals surface area (Å²) in [6.45, 7) is 0.121. The Bertz CT molecular complexity index is 1560. The Morgan fingerprint density at radius 2 is 1.92 bits per heavy atom. The first-order valence-electron chi connectivity index (χ1n) is 11.0. The fourth-order valence-corrected chi connectivity index (χ4v) is 4.39. The van der Waals surface area contributed by atoms with Crippen LogP contribution in [0.25, 0.3) is 6.08 Å². The van der Waals surface area contributed by atoms with Crippen LogP contribution in [-0.4, -0.2) is 35.1 Å². The van der Waals surface area contributed by atoms with E-state index in [-0.39, 0.29) is 28.5 Å². The van der Waals surface area contributed by atoms with E-state index < -0.39 is 17.8 Å². The van der Waals surface area contributed by atoms with Gasteiger partial charge in [0.1, 0.15) is 12.2 Å². The molecule has 2 N–H and O–H groups in total. The number of aromatic carboxylic acids is 1. The molecule has 0 bridgehead atoms. The molecule has 0 spiro atoms. The average Bonchev–Trinajstić information content (AvgIpc) is 2.90. The number of carbonyl (C=O) groups excluding carboxylic acids is 2. The Hall–Kier alpha value is -4.53. The van der Waals surface area contributed by atoms with Crippen molar-refractivity contribution in [2.24, 2.45) is 0 Å². The first kappa shape index (κ1) is 26.5. The van der Waals surface area contributed by atoms with E-state index in [0.29, 0.717) is 32.7 Å². The van der Waals surface area contributed by atoms with E-state index in [9.17, 15) is 24.8 Å². The summed E-state index contributed by atoms with van der Waals surface area (Å²) in [7, 11) is 1.45. The van der Waals surface area contributed by atoms with Gasteiger partial charge in [-0.15, -0.1) is 0 Å². The second kappa shape index (κ2) is 11.2. The Kier molecular flexibility index (Phi) is 7.85. The van der Waals surface area contributed by atoms with Gasteiger partial charge in [-0.2, -0.15) is 5.26 Å². The predicted octanol–water partition coefficient (Wildman–Crippen LogP) is 4.44. The van der Waals surface area contributed by atoms with Crippen LogP contribution < -0.4 is 19.7 Å². The number of halogens is 1. The summed E-state index contributed by atoms with van der Waals surface area (Å²) in [5.74, 6) is -1.89. The lowest BCUT2D eigenvalue weighted by molar-refractivity contribution is -0.122. The zero-order chi connectivity index (χ0) is 27.4. The highest BCUT2D eigenvalue weighted by Gasteiger charge is 2.35. The van der Waals surface area contributed by atoms with Crippen LogP contribution >= 0.6 is 28.1 Å². The third-order valence-corrected chi connectivity index (χ3v) is 6.53. The van der Waals surface area contributed by atoms with Crippen molar-refractivity contribution in [1.82, 2.24) is 5.32 Å². The van der Waals surface area contributed by atoms with Gasteiger partial charge in [-0.25, -0.2) is 4.79 Å². The Morgan fingerprint density at radius 3 is 2.63 bits per heavy atom. The highest BCUT2D eigenvalue weighted by molar-refractivity contribution is 9.10. The maximum Gasteiger partial charge on any atom is 0.335 e. The van der Waals surface area contributed by atoms with E-state index in [0.717, 1.165) is 4.90 Å². The Labute approximate surface area is 231 Å². The molecular weight excluding hydrogens is 574 g/mol. The number of anilines is 1. The number of carboxylic acids is 1. The normalized spacial score (nSPS) is 14.2. The van der Waals surface area contributed by atoms with Crippen LogP contribution in [0.1, 0.15) is 27.0 Å². The van der Waals surface area contributed by atoms with E-state index >= 15 is 0 Å². The number of hydrogen-bond acceptors (Lipinski definition) is 7. The SMILES string of the molecule is COc1cc(C=C2C(=O)NC(=S)N(c3cccc(C(=O)O)c3)C2=O)c(Br)cc1OCc1ccccc1C#N. The molecule has 9 nitrogen and oxygen atoms in total. The van der Waals surface area contributed by atoms with E-state index in [2.05, 4.69) is 27.3 Å². The van der Waals surface area contributed by atoms with Gasteiger partial charge in [0.25, 0.3) is 11.8 Å². The number of methoxy groups -OCH3 is 1. The van der Waals surface area contributed by atoms with Crippen molar-refractivity contribution >= 4 is 62.8 Å². The number of carbonyl (C=O) groups is 3. The number of benzene rings is 3. The fraction of sp³-hybridized carbons (Fsp3) is 0.0741. The Balaban J connectivity index is 1.66. The van der Waals surface area contributed by atoms with E-state index in [1.54, 1.807) is 36.4 Å². The van der Waals surface area contributed by atoms with Crippen LogP contribution in [-0.2, 0) is 16.2 Å². The largest absolute Gasteiger partial charge is 0.493 e. The third-order valence-electron chi connectivity index (χ3n) is 5.56. The number of hydrogen-bond donors (Lipinski definition) is 2. The van der Waals surface area contributed by atoms with Gasteiger partial charge >= 0.3 is 5.97 Å². The minimum absolute atomic E-state index is 0.0407. The van der Waals surface area contributed by atoms with Crippen molar-refractivity contribution in [3.8, 4) is 17.6 Å². The molecule has 0 radical (unpaired) electrons. The van der Waals surface area contributed by atoms with Crippen LogP contribution in [0.4, 0.5) is 5.69 Å². The van der Waals surface area contributed by atoms with Gasteiger partial charge in [-0.1, -0.05) is 40.2 Å². The highest BCUT2D eigenvalue weighted by Crippen LogP contribution is 2.36. The minimum Gasteiger partial charge on any atom is -0.493 e. The van der Waals surface area contributed by atoms with Crippen LogP contribution in [0.15, 0.2) is 70.7 Å². The molecular formula is C27H18BrN3O6S. The number of nitrogens with zero attached hydrogens (tertiary/aromatic N) is 2. The lowest BCUT2D eigenvalue weighted by atomic mass is 10.1. The zero-order valence-corrected chi connectivity index (χ0v) is 22.1. The molecule has 1 aliphatic rings. The summed E-state index contributed by atoms with van der Waals surface area (Å²) in [5, 5.41) is 20.9. The number of amides is 2. The second-order valence-corrected chi connectivity index (χ2v) is 9.14. The first-order chi connectivity index (χ1) is 18.2. The van der Waals surface area contributed by atoms with Crippen molar-refractivity contribution in [2.75, 3.05) is 12.0 Å². The number of thiocarbonyl (C=S) groups is 1. The van der Waals surface area contributed by atoms with Crippen molar-refractivity contribution < 1.29 is 29.0 Å². The molecule has 1 saturated heterocycles. The summed E-state index contributed by atoms with van der Waals surface area (Å²) < 4.78 is 11.9. The van der Waals surface area contributed by atoms with Crippen LogP contribution in [0, 0.1) is 11.3 Å². The van der Waals surface area contributed by atoms with Crippen molar-refractivity contribution in [1.29, 1.82) is 5.26 Å². The van der Waals surface area contributed by atoms with E-state index in [1.807, 2.05) is 0 Å². The molecule has 4 rings (SSSR count). The molecule has 0 unspecified atom stereocenters. The molecule has 38 heavy (non-hydrogen) atoms. The smallest absolute Gasteiger partial charge is 0.335 e. The molecule has 1 heterocycles. The lowest BCUT2D eigenvalue weighted by Gasteiger charge is -2.29.